The summed E-state index contributed by atoms with van der Waals surface area (Å²) in [6, 6.07) is 1.71. The molecule has 8 heteroatoms. The van der Waals surface area contributed by atoms with Gasteiger partial charge in [0.2, 0.25) is 5.95 Å². The Morgan fingerprint density at radius 2 is 2.17 bits per heavy atom. The lowest BCUT2D eigenvalue weighted by molar-refractivity contribution is 0.0949. The van der Waals surface area contributed by atoms with Gasteiger partial charge in [0.1, 0.15) is 11.3 Å². The molecule has 0 aliphatic rings. The van der Waals surface area contributed by atoms with E-state index in [1.165, 1.54) is 0 Å². The zero-order chi connectivity index (χ0) is 17.1. The second-order valence-corrected chi connectivity index (χ2v) is 5.50. The number of nitrogens with two attached hydrogens (primary N) is 1. The zero-order valence-corrected chi connectivity index (χ0v) is 13.9. The first kappa shape index (κ1) is 16.0. The van der Waals surface area contributed by atoms with Crippen LogP contribution in [-0.2, 0) is 19.6 Å². The van der Waals surface area contributed by atoms with Gasteiger partial charge in [-0.05, 0) is 19.4 Å². The largest absolute Gasteiger partial charge is 0.369 e. The molecule has 3 heterocycles. The molecule has 3 aromatic heterocycles. The van der Waals surface area contributed by atoms with Crippen LogP contribution in [0.5, 0.6) is 0 Å². The van der Waals surface area contributed by atoms with E-state index in [4.69, 9.17) is 5.73 Å². The number of nitrogens with zero attached hydrogens (tertiary/aromatic N) is 5. The third-order valence-electron chi connectivity index (χ3n) is 3.87. The third kappa shape index (κ3) is 2.94. The molecule has 8 nitrogen and oxygen atoms in total. The van der Waals surface area contributed by atoms with Gasteiger partial charge in [0, 0.05) is 31.7 Å². The molecule has 1 amide bonds. The maximum Gasteiger partial charge on any atom is 0.253 e. The highest BCUT2D eigenvalue weighted by molar-refractivity contribution is 5.96. The highest BCUT2D eigenvalue weighted by atomic mass is 16.1. The summed E-state index contributed by atoms with van der Waals surface area (Å²) in [7, 11) is 0. The number of imidazole rings is 2. The molecule has 24 heavy (non-hydrogen) atoms. The summed E-state index contributed by atoms with van der Waals surface area (Å²) in [5.74, 6) is 1.03. The van der Waals surface area contributed by atoms with Crippen molar-refractivity contribution in [2.24, 2.45) is 0 Å². The molecule has 0 radical (unpaired) electrons. The lowest BCUT2D eigenvalue weighted by Crippen LogP contribution is -2.25. The number of aromatic nitrogens is 5. The fraction of sp³-hybridized carbons (Fsp3) is 0.375. The van der Waals surface area contributed by atoms with E-state index >= 15 is 0 Å². The van der Waals surface area contributed by atoms with Gasteiger partial charge < -0.3 is 15.6 Å². The molecule has 0 aliphatic heterocycles. The maximum atomic E-state index is 12.4. The standard InChI is InChI=1S/C16H21N7O/c1-3-6-22-7-5-18-13(22)10-20-15(24)11-8-12-14(19-9-11)23(4-2)16(17)21-12/h5,7-9H,3-4,6,10H2,1-2H3,(H2,17,21)(H,20,24). The summed E-state index contributed by atoms with van der Waals surface area (Å²) in [5, 5.41) is 2.87. The van der Waals surface area contributed by atoms with Crippen molar-refractivity contribution in [1.29, 1.82) is 0 Å². The van der Waals surface area contributed by atoms with E-state index in [-0.39, 0.29) is 5.91 Å². The smallest absolute Gasteiger partial charge is 0.253 e. The Morgan fingerprint density at radius 3 is 2.92 bits per heavy atom. The minimum Gasteiger partial charge on any atom is -0.369 e. The zero-order valence-electron chi connectivity index (χ0n) is 13.9. The Balaban J connectivity index is 1.75. The molecule has 0 aromatic carbocycles. The highest BCUT2D eigenvalue weighted by Crippen LogP contribution is 2.16. The first-order valence-electron chi connectivity index (χ1n) is 8.04. The van der Waals surface area contributed by atoms with Crippen molar-refractivity contribution in [3.63, 3.8) is 0 Å². The lowest BCUT2D eigenvalue weighted by atomic mass is 10.2. The monoisotopic (exact) mass is 327 g/mol. The molecular formula is C16H21N7O. The number of aryl methyl sites for hydroxylation is 2. The molecule has 0 bridgehead atoms. The topological polar surface area (TPSA) is 104 Å². The van der Waals surface area contributed by atoms with E-state index in [2.05, 4.69) is 27.2 Å². The Kier molecular flexibility index (Phi) is 4.45. The van der Waals surface area contributed by atoms with Crippen LogP contribution >= 0.6 is 0 Å². The molecular weight excluding hydrogens is 306 g/mol. The number of hydrogen-bond donors (Lipinski definition) is 2. The van der Waals surface area contributed by atoms with Gasteiger partial charge in [-0.25, -0.2) is 15.0 Å². The van der Waals surface area contributed by atoms with Gasteiger partial charge in [-0.2, -0.15) is 0 Å². The van der Waals surface area contributed by atoms with Crippen LogP contribution in [-0.4, -0.2) is 30.0 Å². The van der Waals surface area contributed by atoms with E-state index in [0.717, 1.165) is 18.8 Å². The van der Waals surface area contributed by atoms with E-state index < -0.39 is 0 Å². The number of carbonyl (C=O) groups excluding carboxylic acids is 1. The number of anilines is 1. The average Bonchev–Trinajstić information content (AvgIpc) is 3.15. The van der Waals surface area contributed by atoms with Crippen LogP contribution in [0.15, 0.2) is 24.7 Å². The van der Waals surface area contributed by atoms with Crippen LogP contribution < -0.4 is 11.1 Å². The average molecular weight is 327 g/mol. The summed E-state index contributed by atoms with van der Waals surface area (Å²) in [6.45, 7) is 6.01. The van der Waals surface area contributed by atoms with Crippen LogP contribution in [0.3, 0.4) is 0 Å². The van der Waals surface area contributed by atoms with Gasteiger partial charge in [0.25, 0.3) is 5.91 Å². The third-order valence-corrected chi connectivity index (χ3v) is 3.87. The van der Waals surface area contributed by atoms with Crippen molar-refractivity contribution in [1.82, 2.24) is 29.4 Å². The van der Waals surface area contributed by atoms with Gasteiger partial charge in [0.15, 0.2) is 5.65 Å². The van der Waals surface area contributed by atoms with Crippen molar-refractivity contribution in [2.45, 2.75) is 39.9 Å². The Hall–Kier alpha value is -2.90. The van der Waals surface area contributed by atoms with Gasteiger partial charge >= 0.3 is 0 Å². The van der Waals surface area contributed by atoms with Crippen LogP contribution in [0.25, 0.3) is 11.2 Å². The number of carbonyl (C=O) groups is 1. The summed E-state index contributed by atoms with van der Waals surface area (Å²) in [4.78, 5) is 25.2. The number of pyridine rings is 1. The molecule has 0 saturated heterocycles. The summed E-state index contributed by atoms with van der Waals surface area (Å²) in [5.41, 5.74) is 7.62. The van der Waals surface area contributed by atoms with Crippen molar-refractivity contribution >= 4 is 23.0 Å². The van der Waals surface area contributed by atoms with E-state index in [1.807, 2.05) is 17.7 Å². The van der Waals surface area contributed by atoms with Crippen molar-refractivity contribution in [3.8, 4) is 0 Å². The number of nitrogens with one attached hydrogen (secondary N) is 1. The molecule has 0 spiro atoms. The maximum absolute atomic E-state index is 12.4. The predicted molar refractivity (Wildman–Crippen MR) is 91.3 cm³/mol. The molecule has 0 saturated carbocycles. The number of rotatable bonds is 6. The van der Waals surface area contributed by atoms with Crippen LogP contribution in [0, 0.1) is 0 Å². The van der Waals surface area contributed by atoms with Crippen molar-refractivity contribution in [3.05, 3.63) is 36.0 Å². The van der Waals surface area contributed by atoms with Gasteiger partial charge in [0.05, 0.1) is 12.1 Å². The first-order chi connectivity index (χ1) is 11.6. The molecule has 0 unspecified atom stereocenters. The SMILES string of the molecule is CCCn1ccnc1CNC(=O)c1cnc2c(c1)nc(N)n2CC. The van der Waals surface area contributed by atoms with Crippen molar-refractivity contribution < 1.29 is 4.79 Å². The Bertz CT molecular complexity index is 865. The van der Waals surface area contributed by atoms with Crippen LogP contribution in [0.1, 0.15) is 36.5 Å². The summed E-state index contributed by atoms with van der Waals surface area (Å²) < 4.78 is 3.84. The number of fused-ring (bicyclic) bond motifs is 1. The lowest BCUT2D eigenvalue weighted by Gasteiger charge is -2.08. The predicted octanol–water partition coefficient (Wildman–Crippen LogP) is 1.57. The molecule has 0 aliphatic carbocycles. The highest BCUT2D eigenvalue weighted by Gasteiger charge is 2.13. The molecule has 3 rings (SSSR count). The Labute approximate surface area is 139 Å². The van der Waals surface area contributed by atoms with E-state index in [1.54, 1.807) is 23.0 Å². The fourth-order valence-electron chi connectivity index (χ4n) is 2.68. The minimum absolute atomic E-state index is 0.208. The molecule has 0 fully saturated rings. The number of hydrogen-bond acceptors (Lipinski definition) is 5. The number of nitrogen functional groups attached to an aromatic ring is 1. The Morgan fingerprint density at radius 1 is 1.33 bits per heavy atom. The summed E-state index contributed by atoms with van der Waals surface area (Å²) >= 11 is 0. The first-order valence-corrected chi connectivity index (χ1v) is 8.04. The van der Waals surface area contributed by atoms with Crippen LogP contribution in [0.4, 0.5) is 5.95 Å². The van der Waals surface area contributed by atoms with Gasteiger partial charge in [-0.1, -0.05) is 6.92 Å². The van der Waals surface area contributed by atoms with Gasteiger partial charge in [-0.15, -0.1) is 0 Å². The number of amides is 1. The molecule has 3 N–H and O–H groups in total. The second kappa shape index (κ2) is 6.69. The van der Waals surface area contributed by atoms with Crippen molar-refractivity contribution in [2.75, 3.05) is 5.73 Å². The second-order valence-electron chi connectivity index (χ2n) is 5.50. The normalized spacial score (nSPS) is 11.1. The fourth-order valence-corrected chi connectivity index (χ4v) is 2.68. The molecule has 0 atom stereocenters. The van der Waals surface area contributed by atoms with Crippen LogP contribution in [0.2, 0.25) is 0 Å². The van der Waals surface area contributed by atoms with E-state index in [0.29, 0.717) is 35.8 Å². The quantitative estimate of drug-likeness (QED) is 0.715. The minimum atomic E-state index is -0.208. The van der Waals surface area contributed by atoms with E-state index in [9.17, 15) is 4.79 Å². The van der Waals surface area contributed by atoms with Gasteiger partial charge in [-0.3, -0.25) is 9.36 Å². The molecule has 3 aromatic rings. The molecule has 126 valence electrons. The summed E-state index contributed by atoms with van der Waals surface area (Å²) in [6.07, 6.45) is 6.21.